The van der Waals surface area contributed by atoms with Gasteiger partial charge in [-0.15, -0.1) is 0 Å². The summed E-state index contributed by atoms with van der Waals surface area (Å²) in [4.78, 5) is 6.65. The van der Waals surface area contributed by atoms with Gasteiger partial charge in [0.25, 0.3) is 0 Å². The standard InChI is InChI=1S/C22H22ClFN2O2S/c1-14-7-9-26(10-8-14)22-17-11-15(2)3-6-20(17)25-13-21(22)29(27,28)16-4-5-19(24)18(23)12-16/h3-6,11-14H,7-10H2,1-2H3. The second-order valence-electron chi connectivity index (χ2n) is 7.74. The minimum atomic E-state index is -3.93. The molecule has 1 aliphatic rings. The van der Waals surface area contributed by atoms with Crippen molar-refractivity contribution in [2.45, 2.75) is 36.5 Å². The summed E-state index contributed by atoms with van der Waals surface area (Å²) >= 11 is 5.86. The molecule has 4 rings (SSSR count). The molecule has 1 saturated heterocycles. The summed E-state index contributed by atoms with van der Waals surface area (Å²) in [6.07, 6.45) is 3.41. The summed E-state index contributed by atoms with van der Waals surface area (Å²) in [5.41, 5.74) is 2.46. The van der Waals surface area contributed by atoms with Crippen LogP contribution in [0.3, 0.4) is 0 Å². The third-order valence-corrected chi connectivity index (χ3v) is 7.59. The third kappa shape index (κ3) is 3.71. The van der Waals surface area contributed by atoms with Gasteiger partial charge in [0.2, 0.25) is 9.84 Å². The first-order chi connectivity index (χ1) is 13.8. The second kappa shape index (κ2) is 7.58. The van der Waals surface area contributed by atoms with Crippen LogP contribution in [0.15, 0.2) is 52.4 Å². The number of piperidine rings is 1. The maximum Gasteiger partial charge on any atom is 0.210 e. The lowest BCUT2D eigenvalue weighted by atomic mass is 9.98. The van der Waals surface area contributed by atoms with Crippen LogP contribution in [0.1, 0.15) is 25.3 Å². The Morgan fingerprint density at radius 2 is 1.86 bits per heavy atom. The summed E-state index contributed by atoms with van der Waals surface area (Å²) in [5, 5.41) is 0.595. The van der Waals surface area contributed by atoms with E-state index in [4.69, 9.17) is 11.6 Å². The van der Waals surface area contributed by atoms with E-state index in [2.05, 4.69) is 16.8 Å². The average molecular weight is 433 g/mol. The van der Waals surface area contributed by atoms with E-state index in [1.165, 1.54) is 12.3 Å². The number of aromatic nitrogens is 1. The molecule has 2 heterocycles. The van der Waals surface area contributed by atoms with E-state index in [9.17, 15) is 12.8 Å². The maximum absolute atomic E-state index is 13.6. The van der Waals surface area contributed by atoms with Crippen LogP contribution in [0.25, 0.3) is 10.9 Å². The van der Waals surface area contributed by atoms with E-state index in [1.54, 1.807) is 0 Å². The number of pyridine rings is 1. The molecule has 7 heteroatoms. The maximum atomic E-state index is 13.6. The fraction of sp³-hybridized carbons (Fsp3) is 0.318. The molecule has 0 atom stereocenters. The van der Waals surface area contributed by atoms with Crippen molar-refractivity contribution in [1.29, 1.82) is 0 Å². The fourth-order valence-corrected chi connectivity index (χ4v) is 5.50. The summed E-state index contributed by atoms with van der Waals surface area (Å²) in [6, 6.07) is 9.34. The number of halogens is 2. The molecule has 0 N–H and O–H groups in total. The van der Waals surface area contributed by atoms with Crippen LogP contribution in [0.5, 0.6) is 0 Å². The Labute approximate surface area is 175 Å². The number of benzene rings is 2. The van der Waals surface area contributed by atoms with Gasteiger partial charge in [-0.3, -0.25) is 4.98 Å². The highest BCUT2D eigenvalue weighted by atomic mass is 35.5. The molecule has 0 radical (unpaired) electrons. The van der Waals surface area contributed by atoms with E-state index in [0.29, 0.717) is 11.6 Å². The molecule has 29 heavy (non-hydrogen) atoms. The first kappa shape index (κ1) is 20.1. The summed E-state index contributed by atoms with van der Waals surface area (Å²) in [7, 11) is -3.93. The number of anilines is 1. The summed E-state index contributed by atoms with van der Waals surface area (Å²) in [6.45, 7) is 5.74. The van der Waals surface area contributed by atoms with Crippen LogP contribution in [0.2, 0.25) is 5.02 Å². The van der Waals surface area contributed by atoms with Crippen molar-refractivity contribution in [2.24, 2.45) is 5.92 Å². The zero-order valence-corrected chi connectivity index (χ0v) is 17.9. The number of hydrogen-bond acceptors (Lipinski definition) is 4. The van der Waals surface area contributed by atoms with E-state index in [1.807, 2.05) is 25.1 Å². The van der Waals surface area contributed by atoms with Gasteiger partial charge < -0.3 is 4.90 Å². The zero-order valence-electron chi connectivity index (χ0n) is 16.3. The van der Waals surface area contributed by atoms with Gasteiger partial charge in [-0.05, 0) is 56.0 Å². The normalized spacial score (nSPS) is 15.8. The number of fused-ring (bicyclic) bond motifs is 1. The Bertz CT molecular complexity index is 1190. The smallest absolute Gasteiger partial charge is 0.210 e. The summed E-state index contributed by atoms with van der Waals surface area (Å²) < 4.78 is 40.6. The first-order valence-corrected chi connectivity index (χ1v) is 11.5. The van der Waals surface area contributed by atoms with Gasteiger partial charge in [-0.2, -0.15) is 0 Å². The highest BCUT2D eigenvalue weighted by Gasteiger charge is 2.29. The Balaban J connectivity index is 1.96. The molecule has 1 fully saturated rings. The second-order valence-corrected chi connectivity index (χ2v) is 10.1. The summed E-state index contributed by atoms with van der Waals surface area (Å²) in [5.74, 6) is -0.0415. The van der Waals surface area contributed by atoms with Gasteiger partial charge in [0.1, 0.15) is 10.7 Å². The van der Waals surface area contributed by atoms with Crippen LogP contribution in [-0.4, -0.2) is 26.5 Å². The van der Waals surface area contributed by atoms with Gasteiger partial charge in [0.15, 0.2) is 0 Å². The number of aryl methyl sites for hydroxylation is 1. The van der Waals surface area contributed by atoms with Crippen molar-refractivity contribution in [2.75, 3.05) is 18.0 Å². The highest BCUT2D eigenvalue weighted by Crippen LogP contribution is 2.38. The predicted octanol–water partition coefficient (Wildman–Crippen LogP) is 5.40. The lowest BCUT2D eigenvalue weighted by Crippen LogP contribution is -2.34. The molecule has 0 spiro atoms. The molecular formula is C22H22ClFN2O2S. The molecule has 0 bridgehead atoms. The number of sulfone groups is 1. The van der Waals surface area contributed by atoms with E-state index >= 15 is 0 Å². The van der Waals surface area contributed by atoms with Gasteiger partial charge in [0, 0.05) is 24.7 Å². The molecule has 152 valence electrons. The van der Waals surface area contributed by atoms with Gasteiger partial charge in [0.05, 0.1) is 21.1 Å². The van der Waals surface area contributed by atoms with E-state index in [-0.39, 0.29) is 14.8 Å². The van der Waals surface area contributed by atoms with Crippen molar-refractivity contribution in [3.63, 3.8) is 0 Å². The molecule has 3 aromatic rings. The molecule has 0 saturated carbocycles. The van der Waals surface area contributed by atoms with Crippen LogP contribution < -0.4 is 4.90 Å². The van der Waals surface area contributed by atoms with Gasteiger partial charge in [-0.25, -0.2) is 12.8 Å². The molecule has 0 aliphatic carbocycles. The van der Waals surface area contributed by atoms with Crippen molar-refractivity contribution in [3.8, 4) is 0 Å². The largest absolute Gasteiger partial charge is 0.370 e. The Hall–Kier alpha value is -2.18. The minimum absolute atomic E-state index is 0.0377. The highest BCUT2D eigenvalue weighted by molar-refractivity contribution is 7.91. The van der Waals surface area contributed by atoms with Crippen LogP contribution >= 0.6 is 11.6 Å². The number of rotatable bonds is 3. The molecule has 0 unspecified atom stereocenters. The molecule has 2 aromatic carbocycles. The van der Waals surface area contributed by atoms with Crippen molar-refractivity contribution in [3.05, 3.63) is 59.0 Å². The molecular weight excluding hydrogens is 411 g/mol. The number of nitrogens with zero attached hydrogens (tertiary/aromatic N) is 2. The van der Waals surface area contributed by atoms with Gasteiger partial charge >= 0.3 is 0 Å². The van der Waals surface area contributed by atoms with Crippen molar-refractivity contribution in [1.82, 2.24) is 4.98 Å². The Morgan fingerprint density at radius 3 is 2.55 bits per heavy atom. The molecule has 1 aromatic heterocycles. The lowest BCUT2D eigenvalue weighted by molar-refractivity contribution is 0.437. The average Bonchev–Trinajstić information content (AvgIpc) is 2.69. The van der Waals surface area contributed by atoms with Crippen molar-refractivity contribution >= 4 is 38.0 Å². The Morgan fingerprint density at radius 1 is 1.14 bits per heavy atom. The van der Waals surface area contributed by atoms with Crippen LogP contribution in [0, 0.1) is 18.7 Å². The molecule has 4 nitrogen and oxygen atoms in total. The minimum Gasteiger partial charge on any atom is -0.370 e. The van der Waals surface area contributed by atoms with Crippen LogP contribution in [-0.2, 0) is 9.84 Å². The topological polar surface area (TPSA) is 50.3 Å². The van der Waals surface area contributed by atoms with Crippen molar-refractivity contribution < 1.29 is 12.8 Å². The van der Waals surface area contributed by atoms with Gasteiger partial charge in [-0.1, -0.05) is 30.2 Å². The third-order valence-electron chi connectivity index (χ3n) is 5.55. The molecule has 0 amide bonds. The lowest BCUT2D eigenvalue weighted by Gasteiger charge is -2.34. The zero-order chi connectivity index (χ0) is 20.8. The Kier molecular flexibility index (Phi) is 5.25. The van der Waals surface area contributed by atoms with E-state index < -0.39 is 15.7 Å². The molecule has 1 aliphatic heterocycles. The SMILES string of the molecule is Cc1ccc2ncc(S(=O)(=O)c3ccc(F)c(Cl)c3)c(N3CCC(C)CC3)c2c1. The first-order valence-electron chi connectivity index (χ1n) is 9.62. The monoisotopic (exact) mass is 432 g/mol. The number of hydrogen-bond donors (Lipinski definition) is 0. The van der Waals surface area contributed by atoms with E-state index in [0.717, 1.165) is 54.5 Å². The van der Waals surface area contributed by atoms with Crippen LogP contribution in [0.4, 0.5) is 10.1 Å². The quantitative estimate of drug-likeness (QED) is 0.519. The fourth-order valence-electron chi connectivity index (χ4n) is 3.80. The predicted molar refractivity (Wildman–Crippen MR) is 114 cm³/mol.